The van der Waals surface area contributed by atoms with Gasteiger partial charge in [-0.2, -0.15) is 0 Å². The third-order valence-electron chi connectivity index (χ3n) is 4.61. The first-order valence-electron chi connectivity index (χ1n) is 7.89. The Balaban J connectivity index is 2.01. The lowest BCUT2D eigenvalue weighted by Gasteiger charge is -2.50. The monoisotopic (exact) mass is 310 g/mol. The van der Waals surface area contributed by atoms with Gasteiger partial charge in [-0.25, -0.2) is 4.98 Å². The maximum Gasteiger partial charge on any atom is 0.226 e. The summed E-state index contributed by atoms with van der Waals surface area (Å²) in [5.41, 5.74) is 0.943. The molecule has 2 saturated heterocycles. The second-order valence-electron chi connectivity index (χ2n) is 5.80. The van der Waals surface area contributed by atoms with Gasteiger partial charge >= 0.3 is 0 Å². The van der Waals surface area contributed by atoms with Gasteiger partial charge in [-0.05, 0) is 6.92 Å². The smallest absolute Gasteiger partial charge is 0.226 e. The predicted molar refractivity (Wildman–Crippen MR) is 81.4 cm³/mol. The molecule has 0 amide bonds. The first kappa shape index (κ1) is 15.9. The van der Waals surface area contributed by atoms with Crippen LogP contribution < -0.4 is 0 Å². The summed E-state index contributed by atoms with van der Waals surface area (Å²) in [4.78, 5) is 9.45. The number of morpholine rings is 2. The van der Waals surface area contributed by atoms with Gasteiger partial charge in [0.15, 0.2) is 0 Å². The van der Waals surface area contributed by atoms with Crippen LogP contribution in [-0.4, -0.2) is 79.1 Å². The predicted octanol–water partition coefficient (Wildman–Crippen LogP) is 0.150. The van der Waals surface area contributed by atoms with Crippen LogP contribution in [0.4, 0.5) is 0 Å². The van der Waals surface area contributed by atoms with Crippen molar-refractivity contribution in [1.29, 1.82) is 0 Å². The number of methoxy groups -OCH3 is 1. The molecule has 0 aromatic carbocycles. The van der Waals surface area contributed by atoms with Crippen molar-refractivity contribution in [2.45, 2.75) is 12.8 Å². The molecule has 7 nitrogen and oxygen atoms in total. The van der Waals surface area contributed by atoms with E-state index in [4.69, 9.17) is 19.2 Å². The molecule has 1 aromatic heterocycles. The van der Waals surface area contributed by atoms with Gasteiger partial charge in [-0.15, -0.1) is 0 Å². The first-order chi connectivity index (χ1) is 10.7. The zero-order chi connectivity index (χ0) is 15.6. The molecule has 2 aliphatic heterocycles. The molecule has 0 saturated carbocycles. The molecule has 0 unspecified atom stereocenters. The number of nitrogens with zero attached hydrogens (tertiary/aromatic N) is 4. The van der Waals surface area contributed by atoms with Gasteiger partial charge < -0.3 is 18.8 Å². The minimum absolute atomic E-state index is 0.639. The summed E-state index contributed by atoms with van der Waals surface area (Å²) in [6, 6.07) is 0. The van der Waals surface area contributed by atoms with Crippen LogP contribution >= 0.6 is 0 Å². The van der Waals surface area contributed by atoms with E-state index in [-0.39, 0.29) is 0 Å². The van der Waals surface area contributed by atoms with Crippen LogP contribution in [0.2, 0.25) is 0 Å². The summed E-state index contributed by atoms with van der Waals surface area (Å²) in [6.45, 7) is 8.25. The third kappa shape index (κ3) is 2.68. The maximum absolute atomic E-state index is 6.14. The van der Waals surface area contributed by atoms with E-state index >= 15 is 0 Å². The van der Waals surface area contributed by atoms with Gasteiger partial charge in [-0.3, -0.25) is 9.80 Å². The summed E-state index contributed by atoms with van der Waals surface area (Å²) in [5, 5.41) is 0. The Morgan fingerprint density at radius 1 is 1.05 bits per heavy atom. The standard InChI is InChI=1S/C15H26N4O3/c1-13-16-14(12-17(13)2)15(20-3,18-4-8-21-9-5-18)19-6-10-22-11-7-19/h12H,4-11H2,1-3H3. The SMILES string of the molecule is COC(c1cn(C)c(C)n1)(N1CCOCC1)N1CCOCC1. The molecule has 7 heteroatoms. The van der Waals surface area contributed by atoms with E-state index in [0.717, 1.165) is 64.1 Å². The summed E-state index contributed by atoms with van der Waals surface area (Å²) in [5.74, 6) is 0.345. The number of hydrogen-bond donors (Lipinski definition) is 0. The number of aromatic nitrogens is 2. The van der Waals surface area contributed by atoms with Crippen molar-refractivity contribution in [3.63, 3.8) is 0 Å². The van der Waals surface area contributed by atoms with Crippen LogP contribution in [0.3, 0.4) is 0 Å². The van der Waals surface area contributed by atoms with Crippen molar-refractivity contribution in [2.24, 2.45) is 7.05 Å². The van der Waals surface area contributed by atoms with Gasteiger partial charge in [-0.1, -0.05) is 0 Å². The Hall–Kier alpha value is -0.990. The number of imidazole rings is 1. The van der Waals surface area contributed by atoms with E-state index in [1.807, 2.05) is 18.5 Å². The molecule has 2 fully saturated rings. The molecule has 22 heavy (non-hydrogen) atoms. The van der Waals surface area contributed by atoms with Crippen molar-refractivity contribution < 1.29 is 14.2 Å². The Bertz CT molecular complexity index is 455. The quantitative estimate of drug-likeness (QED) is 0.789. The number of hydrogen-bond acceptors (Lipinski definition) is 6. The fourth-order valence-corrected chi connectivity index (χ4v) is 3.34. The van der Waals surface area contributed by atoms with E-state index in [1.54, 1.807) is 7.11 Å². The zero-order valence-electron chi connectivity index (χ0n) is 13.7. The highest BCUT2D eigenvalue weighted by Gasteiger charge is 2.47. The zero-order valence-corrected chi connectivity index (χ0v) is 13.7. The summed E-state index contributed by atoms with van der Waals surface area (Å²) in [6.07, 6.45) is 2.07. The minimum Gasteiger partial charge on any atom is -0.379 e. The van der Waals surface area contributed by atoms with E-state index in [0.29, 0.717) is 0 Å². The molecule has 0 radical (unpaired) electrons. The van der Waals surface area contributed by atoms with Gasteiger partial charge in [0, 0.05) is 46.5 Å². The largest absolute Gasteiger partial charge is 0.379 e. The van der Waals surface area contributed by atoms with Crippen LogP contribution in [0.5, 0.6) is 0 Å². The summed E-state index contributed by atoms with van der Waals surface area (Å²) >= 11 is 0. The molecule has 1 aromatic rings. The molecule has 2 aliphatic rings. The molecule has 0 spiro atoms. The van der Waals surface area contributed by atoms with Gasteiger partial charge in [0.2, 0.25) is 5.85 Å². The third-order valence-corrected chi connectivity index (χ3v) is 4.61. The summed E-state index contributed by atoms with van der Waals surface area (Å²) < 4.78 is 19.2. The lowest BCUT2D eigenvalue weighted by atomic mass is 10.1. The van der Waals surface area contributed by atoms with Gasteiger partial charge in [0.05, 0.1) is 26.4 Å². The lowest BCUT2D eigenvalue weighted by Crippen LogP contribution is -2.64. The van der Waals surface area contributed by atoms with E-state index in [1.165, 1.54) is 0 Å². The highest BCUT2D eigenvalue weighted by molar-refractivity contribution is 5.13. The van der Waals surface area contributed by atoms with Gasteiger partial charge in [0.1, 0.15) is 11.5 Å². The fourth-order valence-electron chi connectivity index (χ4n) is 3.34. The Morgan fingerprint density at radius 3 is 1.91 bits per heavy atom. The van der Waals surface area contributed by atoms with E-state index < -0.39 is 5.85 Å². The molecule has 0 bridgehead atoms. The molecule has 3 rings (SSSR count). The second-order valence-corrected chi connectivity index (χ2v) is 5.80. The highest BCUT2D eigenvalue weighted by atomic mass is 16.5. The molecular formula is C15H26N4O3. The van der Waals surface area contributed by atoms with Crippen LogP contribution in [0.1, 0.15) is 11.5 Å². The fraction of sp³-hybridized carbons (Fsp3) is 0.800. The van der Waals surface area contributed by atoms with Crippen molar-refractivity contribution in [3.05, 3.63) is 17.7 Å². The van der Waals surface area contributed by atoms with Crippen molar-refractivity contribution in [3.8, 4) is 0 Å². The second kappa shape index (κ2) is 6.64. The lowest BCUT2D eigenvalue weighted by molar-refractivity contribution is -0.272. The molecule has 0 atom stereocenters. The van der Waals surface area contributed by atoms with Crippen LogP contribution in [0, 0.1) is 6.92 Å². The minimum atomic E-state index is -0.639. The van der Waals surface area contributed by atoms with Crippen LogP contribution in [0.15, 0.2) is 6.20 Å². The molecular weight excluding hydrogens is 284 g/mol. The topological polar surface area (TPSA) is 52.0 Å². The highest BCUT2D eigenvalue weighted by Crippen LogP contribution is 2.34. The average Bonchev–Trinajstić information content (AvgIpc) is 2.90. The Kier molecular flexibility index (Phi) is 4.79. The van der Waals surface area contributed by atoms with Crippen molar-refractivity contribution >= 4 is 0 Å². The van der Waals surface area contributed by atoms with Crippen LogP contribution in [0.25, 0.3) is 0 Å². The van der Waals surface area contributed by atoms with Crippen molar-refractivity contribution in [2.75, 3.05) is 59.7 Å². The first-order valence-corrected chi connectivity index (χ1v) is 7.89. The number of aryl methyl sites for hydroxylation is 2. The molecule has 0 N–H and O–H groups in total. The van der Waals surface area contributed by atoms with Crippen LogP contribution in [-0.2, 0) is 27.1 Å². The molecule has 0 aliphatic carbocycles. The van der Waals surface area contributed by atoms with Gasteiger partial charge in [0.25, 0.3) is 0 Å². The number of ether oxygens (including phenoxy) is 3. The maximum atomic E-state index is 6.14. The normalized spacial score (nSPS) is 22.1. The Labute approximate surface area is 131 Å². The molecule has 124 valence electrons. The average molecular weight is 310 g/mol. The summed E-state index contributed by atoms with van der Waals surface area (Å²) in [7, 11) is 3.79. The van der Waals surface area contributed by atoms with Crippen molar-refractivity contribution in [1.82, 2.24) is 19.4 Å². The Morgan fingerprint density at radius 2 is 1.55 bits per heavy atom. The van der Waals surface area contributed by atoms with E-state index in [9.17, 15) is 0 Å². The molecule has 3 heterocycles. The van der Waals surface area contributed by atoms with E-state index in [2.05, 4.69) is 16.0 Å². The number of rotatable bonds is 4.